The summed E-state index contributed by atoms with van der Waals surface area (Å²) in [5.74, 6) is 2.14. The molecule has 5 heteroatoms. The van der Waals surface area contributed by atoms with E-state index < -0.39 is 0 Å². The molecule has 0 aliphatic carbocycles. The standard InChI is InChI=1S/C31H28O5/c1-33-30-20-26(35-21-24-9-5-3-6-10-24)15-16-27(30)28(32)17-13-23-14-18-29(31(19-23)34-2)36-22-25-11-7-4-8-12-25/h3-20H,21-22H2,1-2H3/b17-13+. The van der Waals surface area contributed by atoms with Gasteiger partial charge in [0.25, 0.3) is 0 Å². The molecule has 0 heterocycles. The van der Waals surface area contributed by atoms with Gasteiger partial charge in [-0.15, -0.1) is 0 Å². The van der Waals surface area contributed by atoms with E-state index in [4.69, 9.17) is 18.9 Å². The van der Waals surface area contributed by atoms with Crippen molar-refractivity contribution in [1.29, 1.82) is 0 Å². The van der Waals surface area contributed by atoms with Crippen molar-refractivity contribution in [3.05, 3.63) is 125 Å². The van der Waals surface area contributed by atoms with Gasteiger partial charge in [-0.05, 0) is 47.0 Å². The second-order valence-electron chi connectivity index (χ2n) is 8.02. The van der Waals surface area contributed by atoms with Crippen LogP contribution in [0.2, 0.25) is 0 Å². The van der Waals surface area contributed by atoms with Gasteiger partial charge < -0.3 is 18.9 Å². The van der Waals surface area contributed by atoms with E-state index in [1.165, 1.54) is 13.2 Å². The average molecular weight is 481 g/mol. The lowest BCUT2D eigenvalue weighted by Gasteiger charge is -2.12. The minimum Gasteiger partial charge on any atom is -0.496 e. The lowest BCUT2D eigenvalue weighted by Crippen LogP contribution is -2.01. The average Bonchev–Trinajstić information content (AvgIpc) is 2.94. The third-order valence-electron chi connectivity index (χ3n) is 5.54. The smallest absolute Gasteiger partial charge is 0.189 e. The number of ether oxygens (including phenoxy) is 4. The fourth-order valence-corrected chi connectivity index (χ4v) is 3.61. The van der Waals surface area contributed by atoms with Crippen LogP contribution in [0.1, 0.15) is 27.0 Å². The second-order valence-corrected chi connectivity index (χ2v) is 8.02. The molecule has 0 radical (unpaired) electrons. The number of carbonyl (C=O) groups is 1. The van der Waals surface area contributed by atoms with E-state index in [2.05, 4.69) is 0 Å². The summed E-state index contributed by atoms with van der Waals surface area (Å²) in [6.07, 6.45) is 3.26. The van der Waals surface area contributed by atoms with Crippen LogP contribution in [0.4, 0.5) is 0 Å². The zero-order valence-corrected chi connectivity index (χ0v) is 20.3. The topological polar surface area (TPSA) is 54.0 Å². The van der Waals surface area contributed by atoms with Crippen molar-refractivity contribution in [2.24, 2.45) is 0 Å². The summed E-state index contributed by atoms with van der Waals surface area (Å²) in [5.41, 5.74) is 3.40. The van der Waals surface area contributed by atoms with E-state index in [0.717, 1.165) is 16.7 Å². The molecule has 4 aromatic carbocycles. The summed E-state index contributed by atoms with van der Waals surface area (Å²) in [4.78, 5) is 12.9. The van der Waals surface area contributed by atoms with Crippen LogP contribution in [-0.2, 0) is 13.2 Å². The van der Waals surface area contributed by atoms with Gasteiger partial charge in [-0.2, -0.15) is 0 Å². The Bertz CT molecular complexity index is 1310. The fourth-order valence-electron chi connectivity index (χ4n) is 3.61. The second kappa shape index (κ2) is 12.3. The largest absolute Gasteiger partial charge is 0.496 e. The van der Waals surface area contributed by atoms with E-state index in [0.29, 0.717) is 41.8 Å². The van der Waals surface area contributed by atoms with Crippen molar-refractivity contribution < 1.29 is 23.7 Å². The van der Waals surface area contributed by atoms with Gasteiger partial charge >= 0.3 is 0 Å². The zero-order chi connectivity index (χ0) is 25.2. The minimum atomic E-state index is -0.176. The highest BCUT2D eigenvalue weighted by atomic mass is 16.5. The molecule has 182 valence electrons. The van der Waals surface area contributed by atoms with Gasteiger partial charge in [0.15, 0.2) is 17.3 Å². The van der Waals surface area contributed by atoms with Gasteiger partial charge in [0, 0.05) is 6.07 Å². The highest BCUT2D eigenvalue weighted by Crippen LogP contribution is 2.30. The van der Waals surface area contributed by atoms with Crippen LogP contribution in [0.25, 0.3) is 6.08 Å². The molecule has 0 unspecified atom stereocenters. The number of hydrogen-bond donors (Lipinski definition) is 0. The van der Waals surface area contributed by atoms with Gasteiger partial charge in [0.05, 0.1) is 19.8 Å². The molecule has 0 aliphatic rings. The van der Waals surface area contributed by atoms with Gasteiger partial charge in [-0.3, -0.25) is 4.79 Å². The number of carbonyl (C=O) groups excluding carboxylic acids is 1. The van der Waals surface area contributed by atoms with Gasteiger partial charge in [0.1, 0.15) is 24.7 Å². The Morgan fingerprint density at radius 3 is 1.94 bits per heavy atom. The van der Waals surface area contributed by atoms with Crippen LogP contribution in [-0.4, -0.2) is 20.0 Å². The minimum absolute atomic E-state index is 0.176. The number of rotatable bonds is 11. The Morgan fingerprint density at radius 1 is 0.667 bits per heavy atom. The molecule has 36 heavy (non-hydrogen) atoms. The fraction of sp³-hybridized carbons (Fsp3) is 0.129. The van der Waals surface area contributed by atoms with E-state index in [-0.39, 0.29) is 5.78 Å². The molecular weight excluding hydrogens is 452 g/mol. The van der Waals surface area contributed by atoms with Crippen LogP contribution in [0, 0.1) is 0 Å². The predicted molar refractivity (Wildman–Crippen MR) is 141 cm³/mol. The highest BCUT2D eigenvalue weighted by Gasteiger charge is 2.12. The van der Waals surface area contributed by atoms with Gasteiger partial charge in [-0.25, -0.2) is 0 Å². The molecule has 0 aliphatic heterocycles. The first-order valence-electron chi connectivity index (χ1n) is 11.6. The predicted octanol–water partition coefficient (Wildman–Crippen LogP) is 6.76. The van der Waals surface area contributed by atoms with E-state index in [1.54, 1.807) is 31.4 Å². The molecule has 0 N–H and O–H groups in total. The van der Waals surface area contributed by atoms with Gasteiger partial charge in [0.2, 0.25) is 0 Å². The van der Waals surface area contributed by atoms with Gasteiger partial charge in [-0.1, -0.05) is 72.8 Å². The summed E-state index contributed by atoms with van der Waals surface area (Å²) >= 11 is 0. The van der Waals surface area contributed by atoms with E-state index >= 15 is 0 Å². The lowest BCUT2D eigenvalue weighted by atomic mass is 10.1. The number of methoxy groups -OCH3 is 2. The maximum absolute atomic E-state index is 12.9. The molecule has 0 fully saturated rings. The first-order chi connectivity index (χ1) is 17.7. The number of hydrogen-bond acceptors (Lipinski definition) is 5. The molecule has 0 amide bonds. The van der Waals surface area contributed by atoms with Crippen LogP contribution >= 0.6 is 0 Å². The molecule has 4 aromatic rings. The Kier molecular flexibility index (Phi) is 8.39. The molecule has 4 rings (SSSR count). The number of benzene rings is 4. The molecular formula is C31H28O5. The van der Waals surface area contributed by atoms with Crippen LogP contribution in [0.15, 0.2) is 103 Å². The van der Waals surface area contributed by atoms with Crippen molar-refractivity contribution >= 4 is 11.9 Å². The number of ketones is 1. The molecule has 0 saturated carbocycles. The highest BCUT2D eigenvalue weighted by molar-refractivity contribution is 6.08. The van der Waals surface area contributed by atoms with Crippen molar-refractivity contribution in [3.8, 4) is 23.0 Å². The SMILES string of the molecule is COc1cc(/C=C/C(=O)c2ccc(OCc3ccccc3)cc2OC)ccc1OCc1ccccc1. The normalized spacial score (nSPS) is 10.7. The van der Waals surface area contributed by atoms with Crippen molar-refractivity contribution in [3.63, 3.8) is 0 Å². The zero-order valence-electron chi connectivity index (χ0n) is 20.3. The first kappa shape index (κ1) is 24.6. The summed E-state index contributed by atoms with van der Waals surface area (Å²) in [6.45, 7) is 0.875. The summed E-state index contributed by atoms with van der Waals surface area (Å²) < 4.78 is 22.7. The molecule has 5 nitrogen and oxygen atoms in total. The third-order valence-corrected chi connectivity index (χ3v) is 5.54. The Hall–Kier alpha value is -4.51. The molecule has 0 aromatic heterocycles. The summed E-state index contributed by atoms with van der Waals surface area (Å²) in [7, 11) is 3.13. The van der Waals surface area contributed by atoms with Crippen LogP contribution in [0.5, 0.6) is 23.0 Å². The van der Waals surface area contributed by atoms with Crippen molar-refractivity contribution in [1.82, 2.24) is 0 Å². The third kappa shape index (κ3) is 6.54. The first-order valence-corrected chi connectivity index (χ1v) is 11.6. The van der Waals surface area contributed by atoms with Crippen LogP contribution < -0.4 is 18.9 Å². The van der Waals surface area contributed by atoms with E-state index in [1.807, 2.05) is 78.9 Å². The molecule has 0 bridgehead atoms. The maximum Gasteiger partial charge on any atom is 0.189 e. The van der Waals surface area contributed by atoms with E-state index in [9.17, 15) is 4.79 Å². The molecule has 0 saturated heterocycles. The molecule has 0 atom stereocenters. The maximum atomic E-state index is 12.9. The monoisotopic (exact) mass is 480 g/mol. The summed E-state index contributed by atoms with van der Waals surface area (Å²) in [5, 5.41) is 0. The Balaban J connectivity index is 1.42. The lowest BCUT2D eigenvalue weighted by molar-refractivity contribution is 0.104. The van der Waals surface area contributed by atoms with Crippen molar-refractivity contribution in [2.75, 3.05) is 14.2 Å². The summed E-state index contributed by atoms with van der Waals surface area (Å²) in [6, 6.07) is 30.6. The molecule has 0 spiro atoms. The quantitative estimate of drug-likeness (QED) is 0.175. The Labute approximate surface area is 211 Å². The van der Waals surface area contributed by atoms with Crippen LogP contribution in [0.3, 0.4) is 0 Å². The number of allylic oxidation sites excluding steroid dienone is 1. The van der Waals surface area contributed by atoms with Crippen molar-refractivity contribution in [2.45, 2.75) is 13.2 Å². The Morgan fingerprint density at radius 2 is 1.31 bits per heavy atom.